The zero-order valence-electron chi connectivity index (χ0n) is 14.7. The van der Waals surface area contributed by atoms with Crippen molar-refractivity contribution in [3.63, 3.8) is 0 Å². The van der Waals surface area contributed by atoms with E-state index in [0.29, 0.717) is 5.69 Å². The second-order valence-corrected chi connectivity index (χ2v) is 5.86. The molecule has 0 saturated heterocycles. The van der Waals surface area contributed by atoms with Gasteiger partial charge >= 0.3 is 0 Å². The predicted molar refractivity (Wildman–Crippen MR) is 101 cm³/mol. The normalized spacial score (nSPS) is 10.8. The highest BCUT2D eigenvalue weighted by atomic mass is 79.9. The van der Waals surface area contributed by atoms with E-state index in [9.17, 15) is 10.1 Å². The van der Waals surface area contributed by atoms with E-state index in [1.165, 1.54) is 17.7 Å². The minimum atomic E-state index is -0.423. The molecule has 7 heteroatoms. The Labute approximate surface area is 168 Å². The van der Waals surface area contributed by atoms with E-state index in [0.717, 1.165) is 17.8 Å². The Balaban J connectivity index is 0.00000261. The fourth-order valence-electron chi connectivity index (χ4n) is 2.50. The molecular weight excluding hydrogens is 408 g/mol. The molecule has 138 valence electrons. The molecule has 3 aromatic rings. The minimum Gasteiger partial charge on any atom is -1.00 e. The molecule has 0 bridgehead atoms. The minimum absolute atomic E-state index is 0. The Hall–Kier alpha value is -3.06. The van der Waals surface area contributed by atoms with Crippen LogP contribution < -0.4 is 27.0 Å². The van der Waals surface area contributed by atoms with Crippen LogP contribution in [0.1, 0.15) is 18.1 Å². The maximum atomic E-state index is 10.7. The maximum absolute atomic E-state index is 10.7. The van der Waals surface area contributed by atoms with Crippen molar-refractivity contribution in [2.75, 3.05) is 5.43 Å². The zero-order valence-corrected chi connectivity index (χ0v) is 16.3. The Kier molecular flexibility index (Phi) is 7.19. The van der Waals surface area contributed by atoms with Gasteiger partial charge in [0, 0.05) is 23.8 Å². The van der Waals surface area contributed by atoms with Crippen LogP contribution in [0.25, 0.3) is 0 Å². The van der Waals surface area contributed by atoms with E-state index in [-0.39, 0.29) is 22.7 Å². The van der Waals surface area contributed by atoms with E-state index < -0.39 is 4.92 Å². The average molecular weight is 427 g/mol. The summed E-state index contributed by atoms with van der Waals surface area (Å²) in [5, 5.41) is 15.1. The number of hydrazone groups is 1. The standard InChI is InChI=1S/C20H19N4O2.BrH/c1-16(21-22-19-9-11-20(12-10-19)24(25)26)18-8-5-13-23(15-18)14-17-6-3-2-4-7-17;/h2-13,15,22H,14H2,1H3;1H/q+1;/p-1/b21-16-;. The first-order valence-electron chi connectivity index (χ1n) is 8.20. The number of hydrogen-bond acceptors (Lipinski definition) is 4. The highest BCUT2D eigenvalue weighted by molar-refractivity contribution is 5.98. The molecule has 0 fully saturated rings. The lowest BCUT2D eigenvalue weighted by Crippen LogP contribution is -3.00. The van der Waals surface area contributed by atoms with Gasteiger partial charge in [-0.3, -0.25) is 15.5 Å². The van der Waals surface area contributed by atoms with E-state index in [2.05, 4.69) is 27.2 Å². The van der Waals surface area contributed by atoms with Crippen LogP contribution in [0.4, 0.5) is 11.4 Å². The van der Waals surface area contributed by atoms with Crippen LogP contribution in [0.2, 0.25) is 0 Å². The number of halogens is 1. The number of pyridine rings is 1. The number of rotatable bonds is 6. The first kappa shape index (κ1) is 20.3. The van der Waals surface area contributed by atoms with Gasteiger partial charge in [-0.25, -0.2) is 4.57 Å². The number of benzene rings is 2. The van der Waals surface area contributed by atoms with Crippen molar-refractivity contribution < 1.29 is 26.5 Å². The molecule has 0 unspecified atom stereocenters. The molecule has 0 spiro atoms. The van der Waals surface area contributed by atoms with Gasteiger partial charge in [0.05, 0.1) is 21.9 Å². The number of anilines is 1. The molecule has 0 amide bonds. The molecule has 0 aliphatic carbocycles. The number of hydrogen-bond donors (Lipinski definition) is 1. The summed E-state index contributed by atoms with van der Waals surface area (Å²) in [6, 6.07) is 20.4. The number of aromatic nitrogens is 1. The van der Waals surface area contributed by atoms with E-state index in [1.807, 2.05) is 49.6 Å². The lowest BCUT2D eigenvalue weighted by molar-refractivity contribution is -0.688. The SMILES string of the molecule is C/C(=N/Nc1ccc([N+](=O)[O-])cc1)c1ccc[n+](Cc2ccccc2)c1.[Br-]. The molecule has 0 radical (unpaired) electrons. The predicted octanol–water partition coefficient (Wildman–Crippen LogP) is 0.771. The summed E-state index contributed by atoms with van der Waals surface area (Å²) in [6.07, 6.45) is 4.07. The summed E-state index contributed by atoms with van der Waals surface area (Å²) >= 11 is 0. The van der Waals surface area contributed by atoms with Crippen LogP contribution >= 0.6 is 0 Å². The van der Waals surface area contributed by atoms with Gasteiger partial charge in [-0.05, 0) is 25.1 Å². The molecule has 1 aromatic heterocycles. The first-order valence-corrected chi connectivity index (χ1v) is 8.20. The van der Waals surface area contributed by atoms with Gasteiger partial charge < -0.3 is 17.0 Å². The van der Waals surface area contributed by atoms with Gasteiger partial charge in [0.1, 0.15) is 0 Å². The van der Waals surface area contributed by atoms with Gasteiger partial charge in [0.2, 0.25) is 0 Å². The van der Waals surface area contributed by atoms with Crippen molar-refractivity contribution in [2.45, 2.75) is 13.5 Å². The van der Waals surface area contributed by atoms with Crippen LogP contribution in [0, 0.1) is 10.1 Å². The summed E-state index contributed by atoms with van der Waals surface area (Å²) in [5.41, 5.74) is 6.74. The van der Waals surface area contributed by atoms with Gasteiger partial charge in [-0.15, -0.1) is 0 Å². The van der Waals surface area contributed by atoms with Gasteiger partial charge in [-0.2, -0.15) is 5.10 Å². The Morgan fingerprint density at radius 1 is 1.07 bits per heavy atom. The molecule has 0 aliphatic heterocycles. The third kappa shape index (κ3) is 5.72. The van der Waals surface area contributed by atoms with Crippen LogP contribution in [-0.4, -0.2) is 10.6 Å². The number of nitro groups is 1. The van der Waals surface area contributed by atoms with Crippen molar-refractivity contribution in [3.8, 4) is 0 Å². The third-order valence-corrected chi connectivity index (χ3v) is 3.91. The number of nitro benzene ring substituents is 1. The molecule has 0 aliphatic rings. The third-order valence-electron chi connectivity index (χ3n) is 3.91. The van der Waals surface area contributed by atoms with E-state index in [4.69, 9.17) is 0 Å². The second kappa shape index (κ2) is 9.59. The van der Waals surface area contributed by atoms with Crippen LogP contribution in [0.15, 0.2) is 84.2 Å². The molecule has 0 saturated carbocycles. The highest BCUT2D eigenvalue weighted by Crippen LogP contribution is 2.15. The highest BCUT2D eigenvalue weighted by Gasteiger charge is 2.07. The van der Waals surface area contributed by atoms with E-state index in [1.54, 1.807) is 12.1 Å². The Morgan fingerprint density at radius 3 is 2.44 bits per heavy atom. The molecule has 1 heterocycles. The average Bonchev–Trinajstić information content (AvgIpc) is 2.67. The lowest BCUT2D eigenvalue weighted by atomic mass is 10.2. The smallest absolute Gasteiger partial charge is 0.269 e. The van der Waals surface area contributed by atoms with Gasteiger partial charge in [0.15, 0.2) is 18.9 Å². The van der Waals surface area contributed by atoms with Crippen molar-refractivity contribution in [3.05, 3.63) is 100 Å². The van der Waals surface area contributed by atoms with Crippen LogP contribution in [-0.2, 0) is 6.54 Å². The van der Waals surface area contributed by atoms with Crippen molar-refractivity contribution >= 4 is 17.1 Å². The molecule has 6 nitrogen and oxygen atoms in total. The largest absolute Gasteiger partial charge is 1.00 e. The molecular formula is C20H19BrN4O2. The number of nitrogens with one attached hydrogen (secondary N) is 1. The van der Waals surface area contributed by atoms with Gasteiger partial charge in [0.25, 0.3) is 5.69 Å². The monoisotopic (exact) mass is 426 g/mol. The fourth-order valence-corrected chi connectivity index (χ4v) is 2.50. The lowest BCUT2D eigenvalue weighted by Gasteiger charge is -2.04. The number of non-ortho nitro benzene ring substituents is 1. The van der Waals surface area contributed by atoms with Crippen LogP contribution in [0.5, 0.6) is 0 Å². The summed E-state index contributed by atoms with van der Waals surface area (Å²) in [7, 11) is 0. The quantitative estimate of drug-likeness (QED) is 0.274. The first-order chi connectivity index (χ1) is 12.6. The molecule has 0 atom stereocenters. The maximum Gasteiger partial charge on any atom is 0.269 e. The second-order valence-electron chi connectivity index (χ2n) is 5.86. The summed E-state index contributed by atoms with van der Waals surface area (Å²) < 4.78 is 2.11. The fraction of sp³-hybridized carbons (Fsp3) is 0.100. The van der Waals surface area contributed by atoms with Gasteiger partial charge in [-0.1, -0.05) is 30.3 Å². The topological polar surface area (TPSA) is 71.4 Å². The Bertz CT molecular complexity index is 928. The molecule has 3 rings (SSSR count). The van der Waals surface area contributed by atoms with Crippen molar-refractivity contribution in [1.29, 1.82) is 0 Å². The van der Waals surface area contributed by atoms with Crippen molar-refractivity contribution in [2.24, 2.45) is 5.10 Å². The molecule has 1 N–H and O–H groups in total. The Morgan fingerprint density at radius 2 is 1.78 bits per heavy atom. The summed E-state index contributed by atoms with van der Waals surface area (Å²) in [6.45, 7) is 2.71. The molecule has 2 aromatic carbocycles. The summed E-state index contributed by atoms with van der Waals surface area (Å²) in [4.78, 5) is 10.3. The molecule has 27 heavy (non-hydrogen) atoms. The summed E-state index contributed by atoms with van der Waals surface area (Å²) in [5.74, 6) is 0. The number of nitrogens with zero attached hydrogens (tertiary/aromatic N) is 3. The van der Waals surface area contributed by atoms with E-state index >= 15 is 0 Å². The zero-order chi connectivity index (χ0) is 18.4. The van der Waals surface area contributed by atoms with Crippen LogP contribution in [0.3, 0.4) is 0 Å². The van der Waals surface area contributed by atoms with Crippen molar-refractivity contribution in [1.82, 2.24) is 0 Å².